The Kier molecular flexibility index (Phi) is 4.39. The second-order valence-electron chi connectivity index (χ2n) is 6.74. The highest BCUT2D eigenvalue weighted by Gasteiger charge is 2.20. The predicted molar refractivity (Wildman–Crippen MR) is 98.8 cm³/mol. The van der Waals surface area contributed by atoms with Crippen LogP contribution in [-0.4, -0.2) is 27.0 Å². The summed E-state index contributed by atoms with van der Waals surface area (Å²) in [4.78, 5) is 24.5. The Labute approximate surface area is 155 Å². The van der Waals surface area contributed by atoms with Crippen molar-refractivity contribution in [3.05, 3.63) is 45.9 Å². The zero-order valence-electron chi connectivity index (χ0n) is 15.2. The lowest BCUT2D eigenvalue weighted by molar-refractivity contribution is -0.122. The molecule has 0 bridgehead atoms. The van der Waals surface area contributed by atoms with Gasteiger partial charge in [-0.2, -0.15) is 0 Å². The molecule has 1 N–H and O–H groups in total. The fourth-order valence-corrected chi connectivity index (χ4v) is 3.39. The maximum atomic E-state index is 12.2. The molecule has 0 spiro atoms. The third-order valence-corrected chi connectivity index (χ3v) is 4.73. The van der Waals surface area contributed by atoms with Gasteiger partial charge in [0.1, 0.15) is 11.3 Å². The second-order valence-corrected chi connectivity index (χ2v) is 6.74. The Morgan fingerprint density at radius 3 is 2.81 bits per heavy atom. The molecule has 1 aliphatic carbocycles. The maximum absolute atomic E-state index is 12.2. The van der Waals surface area contributed by atoms with Crippen LogP contribution >= 0.6 is 0 Å². The zero-order chi connectivity index (χ0) is 19.0. The number of benzene rings is 1. The van der Waals surface area contributed by atoms with E-state index in [-0.39, 0.29) is 11.5 Å². The lowest BCUT2D eigenvalue weighted by Gasteiger charge is -2.17. The molecule has 8 heteroatoms. The number of fused-ring (bicyclic) bond motifs is 3. The van der Waals surface area contributed by atoms with Crippen molar-refractivity contribution in [3.63, 3.8) is 0 Å². The van der Waals surface area contributed by atoms with Crippen LogP contribution in [0, 0.1) is 0 Å². The summed E-state index contributed by atoms with van der Waals surface area (Å²) in [7, 11) is 1.71. The van der Waals surface area contributed by atoms with E-state index in [1.807, 2.05) is 6.07 Å². The van der Waals surface area contributed by atoms with Crippen LogP contribution in [0.2, 0.25) is 0 Å². The number of anilines is 1. The number of carbonyl (C=O) groups excluding carboxylic acids is 1. The van der Waals surface area contributed by atoms with E-state index in [9.17, 15) is 9.59 Å². The van der Waals surface area contributed by atoms with Crippen molar-refractivity contribution in [2.75, 3.05) is 5.32 Å². The molecule has 1 aromatic carbocycles. The molecular formula is C19H20N4O4. The van der Waals surface area contributed by atoms with E-state index in [4.69, 9.17) is 9.15 Å². The molecule has 0 saturated carbocycles. The molecule has 1 atom stereocenters. The van der Waals surface area contributed by atoms with Crippen LogP contribution in [-0.2, 0) is 24.7 Å². The van der Waals surface area contributed by atoms with Crippen molar-refractivity contribution >= 4 is 22.7 Å². The fourth-order valence-electron chi connectivity index (χ4n) is 3.39. The van der Waals surface area contributed by atoms with Gasteiger partial charge in [-0.1, -0.05) is 5.21 Å². The van der Waals surface area contributed by atoms with Crippen LogP contribution in [0.1, 0.15) is 30.9 Å². The highest BCUT2D eigenvalue weighted by molar-refractivity contribution is 5.93. The van der Waals surface area contributed by atoms with E-state index >= 15 is 0 Å². The third kappa shape index (κ3) is 3.42. The Morgan fingerprint density at radius 1 is 1.30 bits per heavy atom. The van der Waals surface area contributed by atoms with Crippen LogP contribution in [0.3, 0.4) is 0 Å². The number of aromatic nitrogens is 3. The molecule has 2 heterocycles. The first-order valence-corrected chi connectivity index (χ1v) is 8.94. The number of nitrogens with one attached hydrogen (secondary N) is 1. The first kappa shape index (κ1) is 17.3. The van der Waals surface area contributed by atoms with Crippen LogP contribution in [0.25, 0.3) is 11.0 Å². The van der Waals surface area contributed by atoms with Crippen molar-refractivity contribution in [1.29, 1.82) is 0 Å². The number of hydrogen-bond acceptors (Lipinski definition) is 6. The molecule has 27 heavy (non-hydrogen) atoms. The summed E-state index contributed by atoms with van der Waals surface area (Å²) < 4.78 is 12.7. The van der Waals surface area contributed by atoms with E-state index in [0.717, 1.165) is 42.2 Å². The Hall–Kier alpha value is -3.16. The van der Waals surface area contributed by atoms with E-state index < -0.39 is 6.10 Å². The third-order valence-electron chi connectivity index (χ3n) is 4.73. The molecule has 0 fully saturated rings. The normalized spacial score (nSPS) is 14.6. The van der Waals surface area contributed by atoms with Crippen molar-refractivity contribution in [2.45, 2.75) is 38.7 Å². The number of amides is 1. The summed E-state index contributed by atoms with van der Waals surface area (Å²) in [5.41, 5.74) is 2.08. The minimum Gasteiger partial charge on any atom is -0.481 e. The average Bonchev–Trinajstić information content (AvgIpc) is 3.06. The van der Waals surface area contributed by atoms with Crippen molar-refractivity contribution < 1.29 is 13.9 Å². The molecule has 8 nitrogen and oxygen atoms in total. The summed E-state index contributed by atoms with van der Waals surface area (Å²) in [5.74, 6) is 0.472. The maximum Gasteiger partial charge on any atom is 0.339 e. The fraction of sp³-hybridized carbons (Fsp3) is 0.368. The highest BCUT2D eigenvalue weighted by Crippen LogP contribution is 2.29. The topological polar surface area (TPSA) is 99.2 Å². The number of hydrogen-bond donors (Lipinski definition) is 1. The van der Waals surface area contributed by atoms with Gasteiger partial charge in [0.05, 0.1) is 6.20 Å². The van der Waals surface area contributed by atoms with Gasteiger partial charge in [0.2, 0.25) is 0 Å². The molecule has 140 valence electrons. The molecule has 1 unspecified atom stereocenters. The molecule has 4 rings (SSSR count). The summed E-state index contributed by atoms with van der Waals surface area (Å²) in [5, 5.41) is 11.1. The van der Waals surface area contributed by atoms with Gasteiger partial charge in [-0.3, -0.25) is 9.48 Å². The summed E-state index contributed by atoms with van der Waals surface area (Å²) in [6.45, 7) is 1.64. The number of aryl methyl sites for hydroxylation is 2. The molecule has 0 aliphatic heterocycles. The van der Waals surface area contributed by atoms with Gasteiger partial charge < -0.3 is 14.5 Å². The molecule has 3 aromatic rings. The van der Waals surface area contributed by atoms with E-state index in [2.05, 4.69) is 15.6 Å². The van der Waals surface area contributed by atoms with E-state index in [0.29, 0.717) is 17.2 Å². The van der Waals surface area contributed by atoms with Gasteiger partial charge in [-0.05, 0) is 50.3 Å². The summed E-state index contributed by atoms with van der Waals surface area (Å²) in [6.07, 6.45) is 4.58. The van der Waals surface area contributed by atoms with E-state index in [1.165, 1.54) is 4.68 Å². The van der Waals surface area contributed by atoms with Crippen molar-refractivity contribution in [2.24, 2.45) is 7.05 Å². The minimum atomic E-state index is -0.756. The number of ether oxygens (including phenoxy) is 1. The largest absolute Gasteiger partial charge is 0.481 e. The van der Waals surface area contributed by atoms with Crippen LogP contribution in [0.15, 0.2) is 33.6 Å². The number of rotatable bonds is 4. The molecule has 1 aliphatic rings. The first-order chi connectivity index (χ1) is 13.0. The van der Waals surface area contributed by atoms with Gasteiger partial charge in [0, 0.05) is 24.1 Å². The van der Waals surface area contributed by atoms with Gasteiger partial charge >= 0.3 is 5.63 Å². The first-order valence-electron chi connectivity index (χ1n) is 8.94. The summed E-state index contributed by atoms with van der Waals surface area (Å²) >= 11 is 0. The van der Waals surface area contributed by atoms with Gasteiger partial charge in [0.15, 0.2) is 11.9 Å². The Bertz CT molecular complexity index is 1070. The highest BCUT2D eigenvalue weighted by atomic mass is 16.5. The molecule has 1 amide bonds. The average molecular weight is 368 g/mol. The monoisotopic (exact) mass is 368 g/mol. The molecule has 0 radical (unpaired) electrons. The standard InChI is InChI=1S/C19H20N4O4/c1-11(18(24)20-17-10-23(2)22-21-17)26-12-7-8-14-13-5-3-4-6-15(13)19(25)27-16(14)9-12/h7-11H,3-6H2,1-2H3,(H,20,24). The lowest BCUT2D eigenvalue weighted by Crippen LogP contribution is -2.30. The summed E-state index contributed by atoms with van der Waals surface area (Å²) in [6, 6.07) is 5.35. The molecular weight excluding hydrogens is 348 g/mol. The van der Waals surface area contributed by atoms with Crippen molar-refractivity contribution in [1.82, 2.24) is 15.0 Å². The second kappa shape index (κ2) is 6.86. The van der Waals surface area contributed by atoms with Crippen molar-refractivity contribution in [3.8, 4) is 5.75 Å². The van der Waals surface area contributed by atoms with Gasteiger partial charge in [-0.15, -0.1) is 5.10 Å². The Balaban J connectivity index is 1.55. The quantitative estimate of drug-likeness (QED) is 0.709. The van der Waals surface area contributed by atoms with Gasteiger partial charge in [-0.25, -0.2) is 4.79 Å². The van der Waals surface area contributed by atoms with Gasteiger partial charge in [0.25, 0.3) is 5.91 Å². The molecule has 0 saturated heterocycles. The smallest absolute Gasteiger partial charge is 0.339 e. The van der Waals surface area contributed by atoms with Crippen LogP contribution in [0.4, 0.5) is 5.82 Å². The minimum absolute atomic E-state index is 0.275. The number of carbonyl (C=O) groups is 1. The lowest BCUT2D eigenvalue weighted by atomic mass is 9.91. The Morgan fingerprint density at radius 2 is 2.07 bits per heavy atom. The van der Waals surface area contributed by atoms with Crippen LogP contribution < -0.4 is 15.7 Å². The number of nitrogens with zero attached hydrogens (tertiary/aromatic N) is 3. The van der Waals surface area contributed by atoms with E-state index in [1.54, 1.807) is 32.3 Å². The molecule has 2 aromatic heterocycles. The van der Waals surface area contributed by atoms with Crippen LogP contribution in [0.5, 0.6) is 5.75 Å². The predicted octanol–water partition coefficient (Wildman–Crippen LogP) is 2.21. The SMILES string of the molecule is CC(Oc1ccc2c3c(c(=O)oc2c1)CCCC3)C(=O)Nc1cn(C)nn1. The zero-order valence-corrected chi connectivity index (χ0v) is 15.2.